The van der Waals surface area contributed by atoms with Crippen molar-refractivity contribution in [2.75, 3.05) is 0 Å². The lowest BCUT2D eigenvalue weighted by Crippen LogP contribution is -2.57. The fourth-order valence-electron chi connectivity index (χ4n) is 3.10. The van der Waals surface area contributed by atoms with E-state index in [0.717, 1.165) is 11.1 Å². The predicted molar refractivity (Wildman–Crippen MR) is 117 cm³/mol. The smallest absolute Gasteiger partial charge is 0.309 e. The number of benzene rings is 2. The quantitative estimate of drug-likeness (QED) is 0.498. The summed E-state index contributed by atoms with van der Waals surface area (Å²) in [7, 11) is 0. The first kappa shape index (κ1) is 23.6. The first-order valence-corrected chi connectivity index (χ1v) is 10.1. The lowest BCUT2D eigenvalue weighted by molar-refractivity contribution is -0.142. The highest BCUT2D eigenvalue weighted by Gasteiger charge is 2.33. The molecule has 30 heavy (non-hydrogen) atoms. The summed E-state index contributed by atoms with van der Waals surface area (Å²) in [6, 6.07) is 17.6. The SMILES string of the molecule is CC(C)(O)C(Cc1ccccc1)NC(=O)C(=O)NC(Cc1ccccc1)C(C)(C)O. The Balaban J connectivity index is 2.08. The molecule has 2 amide bonds. The maximum absolute atomic E-state index is 12.6. The van der Waals surface area contributed by atoms with Gasteiger partial charge in [0.15, 0.2) is 0 Å². The minimum Gasteiger partial charge on any atom is -0.388 e. The normalized spacial score (nSPS) is 13.9. The Kier molecular flexibility index (Phi) is 7.76. The zero-order valence-corrected chi connectivity index (χ0v) is 18.1. The van der Waals surface area contributed by atoms with Crippen molar-refractivity contribution in [2.45, 2.75) is 63.8 Å². The van der Waals surface area contributed by atoms with Gasteiger partial charge in [-0.15, -0.1) is 0 Å². The average molecular weight is 413 g/mol. The third-order valence-electron chi connectivity index (χ3n) is 5.09. The van der Waals surface area contributed by atoms with E-state index in [-0.39, 0.29) is 0 Å². The van der Waals surface area contributed by atoms with Gasteiger partial charge in [-0.05, 0) is 51.7 Å². The molecule has 6 heteroatoms. The van der Waals surface area contributed by atoms with Crippen LogP contribution in [-0.2, 0) is 22.4 Å². The van der Waals surface area contributed by atoms with Gasteiger partial charge in [0, 0.05) is 0 Å². The van der Waals surface area contributed by atoms with Crippen molar-refractivity contribution in [3.05, 3.63) is 71.8 Å². The Hall–Kier alpha value is -2.70. The molecule has 2 aromatic carbocycles. The van der Waals surface area contributed by atoms with Crippen molar-refractivity contribution in [1.82, 2.24) is 10.6 Å². The predicted octanol–water partition coefficient (Wildman–Crippen LogP) is 1.98. The van der Waals surface area contributed by atoms with E-state index in [0.29, 0.717) is 12.8 Å². The van der Waals surface area contributed by atoms with Crippen LogP contribution >= 0.6 is 0 Å². The van der Waals surface area contributed by atoms with Gasteiger partial charge in [-0.25, -0.2) is 0 Å². The van der Waals surface area contributed by atoms with Crippen LogP contribution in [0.3, 0.4) is 0 Å². The summed E-state index contributed by atoms with van der Waals surface area (Å²) >= 11 is 0. The molecular weight excluding hydrogens is 380 g/mol. The van der Waals surface area contributed by atoms with E-state index in [4.69, 9.17) is 0 Å². The van der Waals surface area contributed by atoms with Crippen LogP contribution in [-0.4, -0.2) is 45.3 Å². The molecule has 162 valence electrons. The molecule has 2 unspecified atom stereocenters. The zero-order valence-electron chi connectivity index (χ0n) is 18.1. The highest BCUT2D eigenvalue weighted by atomic mass is 16.3. The van der Waals surface area contributed by atoms with E-state index in [2.05, 4.69) is 10.6 Å². The summed E-state index contributed by atoms with van der Waals surface area (Å²) in [6.07, 6.45) is 0.755. The summed E-state index contributed by atoms with van der Waals surface area (Å²) in [4.78, 5) is 25.2. The van der Waals surface area contributed by atoms with E-state index in [1.807, 2.05) is 60.7 Å². The fourth-order valence-corrected chi connectivity index (χ4v) is 3.10. The van der Waals surface area contributed by atoms with Crippen LogP contribution < -0.4 is 10.6 Å². The van der Waals surface area contributed by atoms with Gasteiger partial charge in [0.2, 0.25) is 0 Å². The van der Waals surface area contributed by atoms with Crippen molar-refractivity contribution >= 4 is 11.8 Å². The van der Waals surface area contributed by atoms with Crippen LogP contribution in [0.1, 0.15) is 38.8 Å². The van der Waals surface area contributed by atoms with E-state index >= 15 is 0 Å². The molecule has 2 atom stereocenters. The largest absolute Gasteiger partial charge is 0.388 e. The molecule has 2 rings (SSSR count). The number of nitrogens with one attached hydrogen (secondary N) is 2. The van der Waals surface area contributed by atoms with Crippen LogP contribution in [0.5, 0.6) is 0 Å². The van der Waals surface area contributed by atoms with Crippen molar-refractivity contribution in [1.29, 1.82) is 0 Å². The van der Waals surface area contributed by atoms with Crippen LogP contribution in [0.15, 0.2) is 60.7 Å². The molecular formula is C24H32N2O4. The maximum Gasteiger partial charge on any atom is 0.309 e. The second-order valence-corrected chi connectivity index (χ2v) is 8.74. The summed E-state index contributed by atoms with van der Waals surface area (Å²) in [5, 5.41) is 26.3. The molecule has 0 radical (unpaired) electrons. The Morgan fingerprint density at radius 1 is 0.700 bits per heavy atom. The molecule has 0 saturated heterocycles. The summed E-state index contributed by atoms with van der Waals surface area (Å²) in [6.45, 7) is 6.36. The van der Waals surface area contributed by atoms with Crippen LogP contribution in [0.2, 0.25) is 0 Å². The minimum absolute atomic E-state index is 0.377. The summed E-state index contributed by atoms with van der Waals surface area (Å²) in [5.41, 5.74) is -0.593. The van der Waals surface area contributed by atoms with Crippen LogP contribution in [0, 0.1) is 0 Å². The molecule has 2 aromatic rings. The minimum atomic E-state index is -1.23. The number of rotatable bonds is 8. The van der Waals surface area contributed by atoms with E-state index in [1.54, 1.807) is 27.7 Å². The molecule has 0 saturated carbocycles. The number of hydrogen-bond donors (Lipinski definition) is 4. The number of carbonyl (C=O) groups is 2. The highest BCUT2D eigenvalue weighted by Crippen LogP contribution is 2.16. The van der Waals surface area contributed by atoms with Crippen molar-refractivity contribution < 1.29 is 19.8 Å². The summed E-state index contributed by atoms with van der Waals surface area (Å²) in [5.74, 6) is -1.69. The Bertz CT molecular complexity index is 752. The van der Waals surface area contributed by atoms with E-state index in [1.165, 1.54) is 0 Å². The van der Waals surface area contributed by atoms with Crippen molar-refractivity contribution in [2.24, 2.45) is 0 Å². The van der Waals surface area contributed by atoms with E-state index in [9.17, 15) is 19.8 Å². The van der Waals surface area contributed by atoms with Crippen LogP contribution in [0.25, 0.3) is 0 Å². The van der Waals surface area contributed by atoms with Gasteiger partial charge >= 0.3 is 11.8 Å². The highest BCUT2D eigenvalue weighted by molar-refractivity contribution is 6.35. The van der Waals surface area contributed by atoms with Gasteiger partial charge < -0.3 is 20.8 Å². The second kappa shape index (κ2) is 9.87. The maximum atomic E-state index is 12.6. The molecule has 0 bridgehead atoms. The zero-order chi connectivity index (χ0) is 22.4. The molecule has 6 nitrogen and oxygen atoms in total. The standard InChI is InChI=1S/C24H32N2O4/c1-23(2,29)19(15-17-11-7-5-8-12-17)25-21(27)22(28)26-20(24(3,4)30)16-18-13-9-6-10-14-18/h5-14,19-20,29-30H,15-16H2,1-4H3,(H,25,27)(H,26,28). The van der Waals surface area contributed by atoms with Gasteiger partial charge in [0.25, 0.3) is 0 Å². The van der Waals surface area contributed by atoms with Crippen LogP contribution in [0.4, 0.5) is 0 Å². The summed E-state index contributed by atoms with van der Waals surface area (Å²) < 4.78 is 0. The topological polar surface area (TPSA) is 98.7 Å². The Morgan fingerprint density at radius 2 is 1.00 bits per heavy atom. The molecule has 0 aromatic heterocycles. The average Bonchev–Trinajstić information content (AvgIpc) is 2.67. The van der Waals surface area contributed by atoms with E-state index < -0.39 is 35.1 Å². The molecule has 0 aliphatic heterocycles. The first-order valence-electron chi connectivity index (χ1n) is 10.1. The van der Waals surface area contributed by atoms with Crippen molar-refractivity contribution in [3.63, 3.8) is 0 Å². The molecule has 0 fully saturated rings. The lowest BCUT2D eigenvalue weighted by atomic mass is 9.91. The van der Waals surface area contributed by atoms with Crippen molar-refractivity contribution in [3.8, 4) is 0 Å². The Morgan fingerprint density at radius 3 is 1.27 bits per heavy atom. The van der Waals surface area contributed by atoms with Gasteiger partial charge in [0.05, 0.1) is 23.3 Å². The first-order chi connectivity index (χ1) is 14.0. The number of aliphatic hydroxyl groups is 2. The number of amides is 2. The van der Waals surface area contributed by atoms with Gasteiger partial charge in [0.1, 0.15) is 0 Å². The molecule has 0 heterocycles. The van der Waals surface area contributed by atoms with Gasteiger partial charge in [-0.1, -0.05) is 60.7 Å². The third-order valence-corrected chi connectivity index (χ3v) is 5.09. The Labute approximate surface area is 178 Å². The second-order valence-electron chi connectivity index (χ2n) is 8.74. The molecule has 0 aliphatic carbocycles. The lowest BCUT2D eigenvalue weighted by Gasteiger charge is -2.32. The molecule has 4 N–H and O–H groups in total. The van der Waals surface area contributed by atoms with Gasteiger partial charge in [-0.2, -0.15) is 0 Å². The van der Waals surface area contributed by atoms with Gasteiger partial charge in [-0.3, -0.25) is 9.59 Å². The third kappa shape index (κ3) is 7.28. The molecule has 0 aliphatic rings. The number of hydrogen-bond acceptors (Lipinski definition) is 4. The fraction of sp³-hybridized carbons (Fsp3) is 0.417. The molecule has 0 spiro atoms. The monoisotopic (exact) mass is 412 g/mol. The number of carbonyl (C=O) groups excluding carboxylic acids is 2.